The van der Waals surface area contributed by atoms with Crippen LogP contribution >= 0.6 is 11.3 Å². The maximum absolute atomic E-state index is 13.0. The largest absolute Gasteiger partial charge is 0.431 e. The Morgan fingerprint density at radius 2 is 1.77 bits per heavy atom. The third-order valence-corrected chi connectivity index (χ3v) is 7.16. The molecule has 2 aromatic rings. The monoisotopic (exact) mass is 368 g/mol. The lowest BCUT2D eigenvalue weighted by molar-refractivity contribution is -0.146. The number of amides is 1. The first-order chi connectivity index (χ1) is 12.7. The van der Waals surface area contributed by atoms with E-state index in [0.29, 0.717) is 17.6 Å². The summed E-state index contributed by atoms with van der Waals surface area (Å²) in [5.41, 5.74) is 1.04. The summed E-state index contributed by atoms with van der Waals surface area (Å²) in [6, 6.07) is 7.91. The van der Waals surface area contributed by atoms with E-state index in [1.54, 1.807) is 6.20 Å². The van der Waals surface area contributed by atoms with Crippen molar-refractivity contribution in [1.82, 2.24) is 10.3 Å². The molecule has 0 saturated heterocycles. The summed E-state index contributed by atoms with van der Waals surface area (Å²) in [6.45, 7) is 0.595. The molecular formula is C21H24N2O2S. The lowest BCUT2D eigenvalue weighted by Crippen LogP contribution is -2.53. The van der Waals surface area contributed by atoms with Gasteiger partial charge in [0, 0.05) is 23.5 Å². The third-order valence-electron chi connectivity index (χ3n) is 6.51. The van der Waals surface area contributed by atoms with Gasteiger partial charge in [-0.1, -0.05) is 23.5 Å². The molecule has 26 heavy (non-hydrogen) atoms. The summed E-state index contributed by atoms with van der Waals surface area (Å²) in [5.74, 6) is 3.47. The molecular weight excluding hydrogens is 344 g/mol. The Balaban J connectivity index is 1.20. The Morgan fingerprint density at radius 1 is 1.12 bits per heavy atom. The zero-order valence-electron chi connectivity index (χ0n) is 14.8. The number of thiazole rings is 1. The maximum atomic E-state index is 13.0. The van der Waals surface area contributed by atoms with Gasteiger partial charge in [-0.25, -0.2) is 4.98 Å². The fourth-order valence-corrected chi connectivity index (χ4v) is 6.30. The number of rotatable bonds is 5. The Labute approximate surface area is 158 Å². The summed E-state index contributed by atoms with van der Waals surface area (Å²) >= 11 is 1.47. The van der Waals surface area contributed by atoms with Crippen LogP contribution in [-0.4, -0.2) is 10.9 Å². The van der Waals surface area contributed by atoms with Gasteiger partial charge in [0.2, 0.25) is 5.91 Å². The van der Waals surface area contributed by atoms with E-state index in [1.165, 1.54) is 30.6 Å². The molecule has 0 radical (unpaired) electrons. The van der Waals surface area contributed by atoms with Crippen LogP contribution in [0.1, 0.15) is 44.1 Å². The van der Waals surface area contributed by atoms with Gasteiger partial charge in [0.05, 0.1) is 0 Å². The number of benzene rings is 1. The van der Waals surface area contributed by atoms with Crippen LogP contribution in [0.3, 0.4) is 0 Å². The second-order valence-electron chi connectivity index (χ2n) is 8.42. The Bertz CT molecular complexity index is 750. The molecule has 1 aromatic heterocycles. The van der Waals surface area contributed by atoms with Crippen molar-refractivity contribution in [2.75, 3.05) is 0 Å². The molecule has 136 valence electrons. The highest BCUT2D eigenvalue weighted by Crippen LogP contribution is 2.60. The quantitative estimate of drug-likeness (QED) is 0.827. The molecule has 1 N–H and O–H groups in total. The highest BCUT2D eigenvalue weighted by atomic mass is 32.1. The maximum Gasteiger partial charge on any atom is 0.278 e. The first-order valence-corrected chi connectivity index (χ1v) is 10.5. The van der Waals surface area contributed by atoms with E-state index in [2.05, 4.69) is 10.3 Å². The molecule has 4 aliphatic carbocycles. The smallest absolute Gasteiger partial charge is 0.278 e. The van der Waals surface area contributed by atoms with E-state index in [9.17, 15) is 4.79 Å². The lowest BCUT2D eigenvalue weighted by Gasteiger charge is -2.55. The Hall–Kier alpha value is -1.88. The predicted molar refractivity (Wildman–Crippen MR) is 101 cm³/mol. The van der Waals surface area contributed by atoms with Gasteiger partial charge in [-0.05, 0) is 74.0 Å². The van der Waals surface area contributed by atoms with Crippen LogP contribution in [0.5, 0.6) is 10.9 Å². The van der Waals surface area contributed by atoms with E-state index in [0.717, 1.165) is 48.3 Å². The topological polar surface area (TPSA) is 51.2 Å². The highest BCUT2D eigenvalue weighted by Gasteiger charge is 2.54. The van der Waals surface area contributed by atoms with Gasteiger partial charge in [-0.2, -0.15) is 0 Å². The Morgan fingerprint density at radius 3 is 2.35 bits per heavy atom. The van der Waals surface area contributed by atoms with Crippen LogP contribution in [0.25, 0.3) is 0 Å². The van der Waals surface area contributed by atoms with Crippen LogP contribution in [0.2, 0.25) is 0 Å². The van der Waals surface area contributed by atoms with Gasteiger partial charge < -0.3 is 10.1 Å². The molecule has 4 saturated carbocycles. The summed E-state index contributed by atoms with van der Waals surface area (Å²) in [7, 11) is 0. The van der Waals surface area contributed by atoms with Gasteiger partial charge in [-0.3, -0.25) is 4.79 Å². The zero-order valence-corrected chi connectivity index (χ0v) is 15.6. The predicted octanol–water partition coefficient (Wildman–Crippen LogP) is 4.77. The molecule has 4 nitrogen and oxygen atoms in total. The molecule has 4 aliphatic rings. The van der Waals surface area contributed by atoms with Crippen LogP contribution in [0, 0.1) is 23.2 Å². The number of hydrogen-bond acceptors (Lipinski definition) is 4. The van der Waals surface area contributed by atoms with E-state index in [-0.39, 0.29) is 5.41 Å². The summed E-state index contributed by atoms with van der Waals surface area (Å²) in [4.78, 5) is 17.1. The number of aromatic nitrogens is 1. The molecule has 0 aliphatic heterocycles. The molecule has 4 bridgehead atoms. The van der Waals surface area contributed by atoms with E-state index < -0.39 is 0 Å². The van der Waals surface area contributed by atoms with Gasteiger partial charge >= 0.3 is 0 Å². The molecule has 1 heterocycles. The fourth-order valence-electron chi connectivity index (χ4n) is 5.80. The van der Waals surface area contributed by atoms with Gasteiger partial charge in [0.15, 0.2) is 0 Å². The standard InChI is InChI=1S/C21H24N2O2S/c24-19(21-10-15-7-16(11-21)9-17(8-15)12-21)23-13-14-1-3-18(4-2-14)25-20-22-5-6-26-20/h1-6,15-17H,7-13H2,(H,23,24). The van der Waals surface area contributed by atoms with E-state index >= 15 is 0 Å². The van der Waals surface area contributed by atoms with Crippen molar-refractivity contribution >= 4 is 17.2 Å². The first kappa shape index (κ1) is 16.3. The fraction of sp³-hybridized carbons (Fsp3) is 0.524. The van der Waals surface area contributed by atoms with Gasteiger partial charge in [0.1, 0.15) is 5.75 Å². The molecule has 0 spiro atoms. The normalized spacial score (nSPS) is 31.8. The molecule has 6 rings (SSSR count). The number of ether oxygens (including phenoxy) is 1. The average Bonchev–Trinajstić information content (AvgIpc) is 3.13. The zero-order chi connectivity index (χ0) is 17.6. The number of carbonyl (C=O) groups is 1. The molecule has 1 aromatic carbocycles. The molecule has 0 unspecified atom stereocenters. The van der Waals surface area contributed by atoms with Crippen molar-refractivity contribution < 1.29 is 9.53 Å². The number of nitrogens with zero attached hydrogens (tertiary/aromatic N) is 1. The summed E-state index contributed by atoms with van der Waals surface area (Å²) < 4.78 is 5.68. The van der Waals surface area contributed by atoms with Crippen LogP contribution < -0.4 is 10.1 Å². The van der Waals surface area contributed by atoms with Crippen molar-refractivity contribution in [3.05, 3.63) is 41.4 Å². The summed E-state index contributed by atoms with van der Waals surface area (Å²) in [5, 5.41) is 5.77. The van der Waals surface area contributed by atoms with Crippen molar-refractivity contribution in [3.8, 4) is 10.9 Å². The van der Waals surface area contributed by atoms with E-state index in [1.807, 2.05) is 29.6 Å². The third kappa shape index (κ3) is 3.02. The molecule has 5 heteroatoms. The van der Waals surface area contributed by atoms with Crippen molar-refractivity contribution in [2.45, 2.75) is 45.1 Å². The first-order valence-electron chi connectivity index (χ1n) is 9.63. The molecule has 0 atom stereocenters. The average molecular weight is 369 g/mol. The van der Waals surface area contributed by atoms with Crippen molar-refractivity contribution in [1.29, 1.82) is 0 Å². The second kappa shape index (κ2) is 6.38. The van der Waals surface area contributed by atoms with Crippen molar-refractivity contribution in [3.63, 3.8) is 0 Å². The molecule has 4 fully saturated rings. The van der Waals surface area contributed by atoms with Crippen molar-refractivity contribution in [2.24, 2.45) is 23.2 Å². The van der Waals surface area contributed by atoms with Crippen LogP contribution in [0.15, 0.2) is 35.8 Å². The SMILES string of the molecule is O=C(NCc1ccc(Oc2nccs2)cc1)C12CC3CC(CC(C3)C1)C2. The Kier molecular flexibility index (Phi) is 4.00. The lowest BCUT2D eigenvalue weighted by atomic mass is 9.49. The minimum atomic E-state index is -0.0668. The van der Waals surface area contributed by atoms with E-state index in [4.69, 9.17) is 4.74 Å². The van der Waals surface area contributed by atoms with Crippen LogP contribution in [0.4, 0.5) is 0 Å². The number of nitrogens with one attached hydrogen (secondary N) is 1. The van der Waals surface area contributed by atoms with Gasteiger partial charge in [-0.15, -0.1) is 0 Å². The number of hydrogen-bond donors (Lipinski definition) is 1. The highest BCUT2D eigenvalue weighted by molar-refractivity contribution is 7.11. The minimum absolute atomic E-state index is 0.0668. The summed E-state index contributed by atoms with van der Waals surface area (Å²) in [6.07, 6.45) is 9.18. The molecule has 1 amide bonds. The van der Waals surface area contributed by atoms with Gasteiger partial charge in [0.25, 0.3) is 5.19 Å². The second-order valence-corrected chi connectivity index (χ2v) is 9.28. The number of carbonyl (C=O) groups excluding carboxylic acids is 1. The van der Waals surface area contributed by atoms with Crippen LogP contribution in [-0.2, 0) is 11.3 Å². The minimum Gasteiger partial charge on any atom is -0.431 e.